The number of amides is 1. The molecule has 0 spiro atoms. The summed E-state index contributed by atoms with van der Waals surface area (Å²) < 4.78 is 40.2. The molecule has 0 saturated carbocycles. The number of carbonyl (C=O) groups is 1. The summed E-state index contributed by atoms with van der Waals surface area (Å²) in [5.74, 6) is 1.40. The number of nitrogens with one attached hydrogen (secondary N) is 3. The normalized spacial score (nSPS) is 17.0. The summed E-state index contributed by atoms with van der Waals surface area (Å²) in [6, 6.07) is 15.5. The predicted molar refractivity (Wildman–Crippen MR) is 166 cm³/mol. The van der Waals surface area contributed by atoms with Gasteiger partial charge in [-0.2, -0.15) is 16.9 Å². The number of aromatic nitrogens is 2. The molecule has 9 nitrogen and oxygen atoms in total. The van der Waals surface area contributed by atoms with Crippen LogP contribution in [0.25, 0.3) is 10.9 Å². The Balaban J connectivity index is 1.30. The van der Waals surface area contributed by atoms with Crippen LogP contribution in [0.1, 0.15) is 23.2 Å². The number of sulfone groups is 1. The first-order valence-corrected chi connectivity index (χ1v) is 16.6. The van der Waals surface area contributed by atoms with Crippen LogP contribution in [0.2, 0.25) is 0 Å². The molecule has 0 atom stereocenters. The zero-order valence-corrected chi connectivity index (χ0v) is 24.9. The van der Waals surface area contributed by atoms with E-state index in [1.165, 1.54) is 30.3 Å². The zero-order valence-electron chi connectivity index (χ0n) is 23.3. The highest BCUT2D eigenvalue weighted by atomic mass is 32.2. The summed E-state index contributed by atoms with van der Waals surface area (Å²) in [7, 11) is -1.86. The monoisotopic (exact) mass is 608 g/mol. The van der Waals surface area contributed by atoms with Crippen molar-refractivity contribution in [1.29, 1.82) is 0 Å². The van der Waals surface area contributed by atoms with Gasteiger partial charge < -0.3 is 20.4 Å². The summed E-state index contributed by atoms with van der Waals surface area (Å²) in [5, 5.41) is 14.1. The maximum absolute atomic E-state index is 13.8. The van der Waals surface area contributed by atoms with E-state index in [9.17, 15) is 17.6 Å². The van der Waals surface area contributed by atoms with Gasteiger partial charge in [0.05, 0.1) is 20.9 Å². The van der Waals surface area contributed by atoms with Crippen LogP contribution in [-0.4, -0.2) is 80.2 Å². The number of H-pyrrole nitrogens is 1. The van der Waals surface area contributed by atoms with Gasteiger partial charge in [0.2, 0.25) is 9.84 Å². The second-order valence-electron chi connectivity index (χ2n) is 10.7. The van der Waals surface area contributed by atoms with E-state index in [2.05, 4.69) is 43.7 Å². The third-order valence-electron chi connectivity index (χ3n) is 7.88. The summed E-state index contributed by atoms with van der Waals surface area (Å²) >= 11 is 1.95. The number of hydrogen-bond acceptors (Lipinski definition) is 8. The Morgan fingerprint density at radius 1 is 1.00 bits per heavy atom. The molecule has 2 saturated heterocycles. The van der Waals surface area contributed by atoms with Crippen molar-refractivity contribution in [2.75, 3.05) is 60.3 Å². The Bertz CT molecular complexity index is 1710. The number of aromatic amines is 1. The molecule has 3 N–H and O–H groups in total. The van der Waals surface area contributed by atoms with Gasteiger partial charge in [-0.3, -0.25) is 9.89 Å². The van der Waals surface area contributed by atoms with Crippen molar-refractivity contribution in [2.24, 2.45) is 0 Å². The minimum absolute atomic E-state index is 0.0217. The van der Waals surface area contributed by atoms with Crippen LogP contribution in [-0.2, 0) is 9.84 Å². The smallest absolute Gasteiger partial charge is 0.258 e. The van der Waals surface area contributed by atoms with Crippen molar-refractivity contribution in [3.05, 3.63) is 72.0 Å². The molecule has 6 rings (SSSR count). The van der Waals surface area contributed by atoms with E-state index in [-0.39, 0.29) is 27.6 Å². The van der Waals surface area contributed by atoms with E-state index < -0.39 is 15.7 Å². The van der Waals surface area contributed by atoms with E-state index in [1.54, 1.807) is 6.07 Å². The third-order valence-corrected chi connectivity index (χ3v) is 10.7. The molecule has 1 aromatic heterocycles. The van der Waals surface area contributed by atoms with Crippen LogP contribution in [0.5, 0.6) is 0 Å². The molecule has 220 valence electrons. The lowest BCUT2D eigenvalue weighted by Crippen LogP contribution is -2.44. The van der Waals surface area contributed by atoms with Crippen molar-refractivity contribution in [1.82, 2.24) is 15.1 Å². The van der Waals surface area contributed by atoms with Crippen molar-refractivity contribution in [3.63, 3.8) is 0 Å². The van der Waals surface area contributed by atoms with Crippen LogP contribution in [0.4, 0.5) is 21.6 Å². The first-order chi connectivity index (χ1) is 20.3. The maximum atomic E-state index is 13.8. The first kappa shape index (κ1) is 28.5. The summed E-state index contributed by atoms with van der Waals surface area (Å²) in [6.45, 7) is 3.80. The van der Waals surface area contributed by atoms with Gasteiger partial charge in [-0.05, 0) is 86.0 Å². The van der Waals surface area contributed by atoms with Gasteiger partial charge in [0.1, 0.15) is 5.82 Å². The highest BCUT2D eigenvalue weighted by molar-refractivity contribution is 7.99. The Hall–Kier alpha value is -3.61. The molecule has 3 aromatic carbocycles. The number of likely N-dealkylation sites (N-methyl/N-ethyl adjacent to an activating group) is 1. The Kier molecular flexibility index (Phi) is 8.11. The number of hydrogen-bond donors (Lipinski definition) is 3. The highest BCUT2D eigenvalue weighted by Crippen LogP contribution is 2.31. The average Bonchev–Trinajstić information content (AvgIpc) is 3.40. The van der Waals surface area contributed by atoms with Crippen LogP contribution >= 0.6 is 11.8 Å². The van der Waals surface area contributed by atoms with E-state index in [0.717, 1.165) is 68.0 Å². The lowest BCUT2D eigenvalue weighted by atomic mass is 10.1. The van der Waals surface area contributed by atoms with E-state index in [4.69, 9.17) is 0 Å². The Labute approximate surface area is 248 Å². The summed E-state index contributed by atoms with van der Waals surface area (Å²) in [5.41, 5.74) is 2.90. The molecule has 0 bridgehead atoms. The minimum Gasteiger partial charge on any atom is -0.382 e. The van der Waals surface area contributed by atoms with Gasteiger partial charge in [0.15, 0.2) is 5.82 Å². The predicted octanol–water partition coefficient (Wildman–Crippen LogP) is 4.85. The number of fused-ring (bicyclic) bond motifs is 1. The summed E-state index contributed by atoms with van der Waals surface area (Å²) in [4.78, 5) is 18.2. The van der Waals surface area contributed by atoms with E-state index in [0.29, 0.717) is 16.5 Å². The first-order valence-electron chi connectivity index (χ1n) is 14.0. The molecule has 12 heteroatoms. The molecule has 3 heterocycles. The lowest BCUT2D eigenvalue weighted by molar-refractivity contribution is 0.102. The number of halogens is 1. The van der Waals surface area contributed by atoms with Crippen LogP contribution in [0.3, 0.4) is 0 Å². The van der Waals surface area contributed by atoms with Crippen LogP contribution in [0, 0.1) is 5.82 Å². The maximum Gasteiger partial charge on any atom is 0.258 e. The van der Waals surface area contributed by atoms with Crippen molar-refractivity contribution in [3.8, 4) is 0 Å². The standard InChI is InChI=1S/C30H33FN6O3S2/c1-36-11-13-37(14-12-36)22-5-7-25(28(18-22)32-21-9-15-41-16-10-21)30(38)33-29-26-19-24(6-8-27(26)34-35-29)42(39,40)23-4-2-3-20(31)17-23/h2-8,17-19,21,32H,9-16H2,1H3,(H2,33,34,35,38). The van der Waals surface area contributed by atoms with Crippen molar-refractivity contribution in [2.45, 2.75) is 28.7 Å². The lowest BCUT2D eigenvalue weighted by Gasteiger charge is -2.34. The largest absolute Gasteiger partial charge is 0.382 e. The third kappa shape index (κ3) is 5.97. The second kappa shape index (κ2) is 11.9. The fourth-order valence-corrected chi connectivity index (χ4v) is 7.80. The van der Waals surface area contributed by atoms with Gasteiger partial charge >= 0.3 is 0 Å². The molecule has 0 aliphatic carbocycles. The Morgan fingerprint density at radius 3 is 2.52 bits per heavy atom. The van der Waals surface area contributed by atoms with E-state index in [1.807, 2.05) is 23.9 Å². The van der Waals surface area contributed by atoms with Gasteiger partial charge in [-0.15, -0.1) is 0 Å². The molecular weight excluding hydrogens is 576 g/mol. The topological polar surface area (TPSA) is 110 Å². The van der Waals surface area contributed by atoms with Gasteiger partial charge in [-0.1, -0.05) is 6.07 Å². The minimum atomic E-state index is -3.98. The molecule has 2 aliphatic rings. The number of rotatable bonds is 7. The second-order valence-corrected chi connectivity index (χ2v) is 13.9. The summed E-state index contributed by atoms with van der Waals surface area (Å²) in [6.07, 6.45) is 2.05. The molecule has 1 amide bonds. The number of carbonyl (C=O) groups excluding carboxylic acids is 1. The fraction of sp³-hybridized carbons (Fsp3) is 0.333. The van der Waals surface area contributed by atoms with Crippen molar-refractivity contribution >= 4 is 55.6 Å². The molecule has 0 radical (unpaired) electrons. The number of benzene rings is 3. The number of nitrogens with zero attached hydrogens (tertiary/aromatic N) is 3. The van der Waals surface area contributed by atoms with Crippen molar-refractivity contribution < 1.29 is 17.6 Å². The molecule has 42 heavy (non-hydrogen) atoms. The Morgan fingerprint density at radius 2 is 1.76 bits per heavy atom. The van der Waals surface area contributed by atoms with Gasteiger partial charge in [0, 0.05) is 49.0 Å². The quantitative estimate of drug-likeness (QED) is 0.273. The SMILES string of the molecule is CN1CCN(c2ccc(C(=O)Nc3n[nH]c4ccc(S(=O)(=O)c5cccc(F)c5)cc34)c(NC3CCSCC3)c2)CC1. The number of thioether (sulfide) groups is 1. The number of piperazine rings is 1. The highest BCUT2D eigenvalue weighted by Gasteiger charge is 2.23. The molecule has 2 aliphatic heterocycles. The zero-order chi connectivity index (χ0) is 29.3. The van der Waals surface area contributed by atoms with E-state index >= 15 is 0 Å². The fourth-order valence-electron chi connectivity index (χ4n) is 5.37. The van der Waals surface area contributed by atoms with Crippen LogP contribution < -0.4 is 15.5 Å². The van der Waals surface area contributed by atoms with Gasteiger partial charge in [0.25, 0.3) is 5.91 Å². The average molecular weight is 609 g/mol. The molecule has 2 fully saturated rings. The van der Waals surface area contributed by atoms with Gasteiger partial charge in [-0.25, -0.2) is 12.8 Å². The number of anilines is 3. The molecular formula is C30H33FN6O3S2. The molecule has 4 aromatic rings. The molecule has 0 unspecified atom stereocenters. The van der Waals surface area contributed by atoms with Crippen LogP contribution in [0.15, 0.2) is 70.5 Å².